The van der Waals surface area contributed by atoms with E-state index in [2.05, 4.69) is 41.7 Å². The van der Waals surface area contributed by atoms with Crippen molar-refractivity contribution in [1.29, 1.82) is 0 Å². The van der Waals surface area contributed by atoms with Crippen LogP contribution >= 0.6 is 0 Å². The number of hydrogen-bond acceptors (Lipinski definition) is 14. The summed E-state index contributed by atoms with van der Waals surface area (Å²) in [6.07, 6.45) is 0.576. The molecule has 0 unspecified atom stereocenters. The molecule has 1 aliphatic heterocycles. The Bertz CT molecular complexity index is 2650. The number of hydrogen-bond donors (Lipinski definition) is 10. The van der Waals surface area contributed by atoms with Crippen LogP contribution in [-0.2, 0) is 41.2 Å². The molecule has 4 aromatic rings. The van der Waals surface area contributed by atoms with Crippen molar-refractivity contribution >= 4 is 45.6 Å². The number of rotatable bonds is 17. The molecule has 1 aromatic heterocycles. The van der Waals surface area contributed by atoms with E-state index in [0.717, 1.165) is 16.0 Å². The summed E-state index contributed by atoms with van der Waals surface area (Å²) in [4.78, 5) is 75.1. The van der Waals surface area contributed by atoms with Gasteiger partial charge in [0.2, 0.25) is 17.7 Å². The van der Waals surface area contributed by atoms with Gasteiger partial charge in [0.15, 0.2) is 11.5 Å². The highest BCUT2D eigenvalue weighted by Crippen LogP contribution is 2.45. The van der Waals surface area contributed by atoms with Crippen molar-refractivity contribution in [2.75, 3.05) is 45.6 Å². The fourth-order valence-electron chi connectivity index (χ4n) is 7.60. The summed E-state index contributed by atoms with van der Waals surface area (Å²) in [6.45, 7) is 9.01. The van der Waals surface area contributed by atoms with Crippen LogP contribution < -0.4 is 52.5 Å². The molecule has 1 aliphatic rings. The standard InChI is InChI=1S/C47H62N10O11S/c1-25-19-33(28-10-12-30(13-11-28)47(3,4)5)54-41(50)38(25)43(60)56-35(24-52-69(51,65)66)45(62)57(6)39-29-22-32(40(58)37(23-29)68-18-8-16-49)31-20-27(9-14-36(31)67-17-7-15-48)21-34(46(63)64)55-42(59)26(2)53-44(39)61/h9-14,19-20,22-23,26,34-35,39,52,58H,7-8,15-18,21,24,48-49H2,1-6H3,(H2,50,54)(H,53,61)(H,55,59)(H,56,60)(H,63,64)(H2,51,65,66)/t26-,34-,35-,39-/m0/s1. The second-order valence-corrected chi connectivity index (χ2v) is 19.1. The number of aromatic nitrogens is 1. The summed E-state index contributed by atoms with van der Waals surface area (Å²) in [7, 11) is -3.29. The summed E-state index contributed by atoms with van der Waals surface area (Å²) in [5, 5.41) is 34.9. The molecule has 22 heteroatoms. The van der Waals surface area contributed by atoms with Crippen LogP contribution in [0.15, 0.2) is 60.7 Å². The Balaban J connectivity index is 1.65. The van der Waals surface area contributed by atoms with Gasteiger partial charge in [-0.15, -0.1) is 0 Å². The van der Waals surface area contributed by atoms with Crippen molar-refractivity contribution in [2.45, 2.75) is 83.5 Å². The number of carbonyl (C=O) groups excluding carboxylic acids is 4. The van der Waals surface area contributed by atoms with Crippen LogP contribution in [0.25, 0.3) is 22.4 Å². The van der Waals surface area contributed by atoms with Gasteiger partial charge in [-0.05, 0) is 97.8 Å². The Morgan fingerprint density at radius 3 is 2.14 bits per heavy atom. The van der Waals surface area contributed by atoms with Crippen molar-refractivity contribution in [3.8, 4) is 39.6 Å². The van der Waals surface area contributed by atoms with Crippen molar-refractivity contribution in [1.82, 2.24) is 30.6 Å². The van der Waals surface area contributed by atoms with Crippen LogP contribution in [-0.4, -0.2) is 116 Å². The van der Waals surface area contributed by atoms with E-state index >= 15 is 0 Å². The molecule has 4 atom stereocenters. The Kier molecular flexibility index (Phi) is 17.3. The molecule has 3 aromatic carbocycles. The smallest absolute Gasteiger partial charge is 0.326 e. The normalized spacial score (nSPS) is 16.9. The second-order valence-electron chi connectivity index (χ2n) is 17.7. The van der Waals surface area contributed by atoms with Crippen molar-refractivity contribution in [3.05, 3.63) is 88.5 Å². The maximum atomic E-state index is 14.9. The number of carboxylic acid groups (broad SMARTS) is 1. The third-order valence-electron chi connectivity index (χ3n) is 11.4. The fourth-order valence-corrected chi connectivity index (χ4v) is 8.00. The number of amides is 4. The van der Waals surface area contributed by atoms with Crippen molar-refractivity contribution < 1.29 is 52.1 Å². The molecule has 0 saturated heterocycles. The number of aryl methyl sites for hydroxylation is 1. The zero-order chi connectivity index (χ0) is 51.0. The number of nitrogens with zero attached hydrogens (tertiary/aromatic N) is 2. The van der Waals surface area contributed by atoms with Gasteiger partial charge in [0, 0.05) is 36.7 Å². The molecular weight excluding hydrogens is 913 g/mol. The summed E-state index contributed by atoms with van der Waals surface area (Å²) >= 11 is 0. The highest BCUT2D eigenvalue weighted by Gasteiger charge is 2.37. The summed E-state index contributed by atoms with van der Waals surface area (Å²) in [6, 6.07) is 10.4. The first kappa shape index (κ1) is 53.1. The zero-order valence-corrected chi connectivity index (χ0v) is 40.2. The van der Waals surface area contributed by atoms with Crippen molar-refractivity contribution in [2.24, 2.45) is 16.6 Å². The molecule has 0 spiro atoms. The van der Waals surface area contributed by atoms with Crippen LogP contribution in [0, 0.1) is 6.92 Å². The van der Waals surface area contributed by atoms with Gasteiger partial charge in [0.25, 0.3) is 16.1 Å². The number of aromatic hydroxyl groups is 1. The summed E-state index contributed by atoms with van der Waals surface area (Å²) in [5.74, 6) is -5.75. The minimum atomic E-state index is -4.49. The average molecular weight is 975 g/mol. The lowest BCUT2D eigenvalue weighted by Gasteiger charge is -2.33. The monoisotopic (exact) mass is 974 g/mol. The number of ether oxygens (including phenoxy) is 2. The maximum absolute atomic E-state index is 14.9. The van der Waals surface area contributed by atoms with E-state index in [1.807, 2.05) is 29.0 Å². The molecule has 14 N–H and O–H groups in total. The first-order valence-corrected chi connectivity index (χ1v) is 23.7. The quantitative estimate of drug-likeness (QED) is 0.0670. The minimum Gasteiger partial charge on any atom is -0.504 e. The number of carboxylic acids is 1. The molecule has 0 saturated carbocycles. The topological polar surface area (TPSA) is 347 Å². The lowest BCUT2D eigenvalue weighted by molar-refractivity contribution is -0.143. The molecule has 4 bridgehead atoms. The number of likely N-dealkylation sites (N-methyl/N-ethyl adjacent to an activating group) is 1. The van der Waals surface area contributed by atoms with E-state index in [1.165, 1.54) is 26.1 Å². The number of anilines is 1. The summed E-state index contributed by atoms with van der Waals surface area (Å²) in [5.41, 5.74) is 21.0. The van der Waals surface area contributed by atoms with Crippen LogP contribution in [0.1, 0.15) is 79.2 Å². The van der Waals surface area contributed by atoms with E-state index in [9.17, 15) is 42.6 Å². The van der Waals surface area contributed by atoms with Crippen molar-refractivity contribution in [3.63, 3.8) is 0 Å². The number of nitrogens with two attached hydrogens (primary N) is 4. The number of aliphatic carboxylic acids is 1. The van der Waals surface area contributed by atoms with Gasteiger partial charge in [-0.25, -0.2) is 14.9 Å². The maximum Gasteiger partial charge on any atom is 0.326 e. The number of nitrogen functional groups attached to an aromatic ring is 1. The Morgan fingerprint density at radius 1 is 0.928 bits per heavy atom. The van der Waals surface area contributed by atoms with Gasteiger partial charge in [0.1, 0.15) is 35.7 Å². The van der Waals surface area contributed by atoms with Gasteiger partial charge < -0.3 is 57.7 Å². The van der Waals surface area contributed by atoms with Crippen LogP contribution in [0.3, 0.4) is 0 Å². The predicted molar refractivity (Wildman–Crippen MR) is 258 cm³/mol. The predicted octanol–water partition coefficient (Wildman–Crippen LogP) is 1.49. The number of nitrogens with one attached hydrogen (secondary N) is 4. The third-order valence-corrected chi connectivity index (χ3v) is 11.9. The molecule has 2 heterocycles. The number of benzene rings is 3. The van der Waals surface area contributed by atoms with Gasteiger partial charge in [-0.2, -0.15) is 13.1 Å². The van der Waals surface area contributed by atoms with Gasteiger partial charge in [0.05, 0.1) is 24.5 Å². The molecule has 372 valence electrons. The fraction of sp³-hybridized carbons (Fsp3) is 0.404. The van der Waals surface area contributed by atoms with E-state index in [1.54, 1.807) is 31.2 Å². The Labute approximate surface area is 400 Å². The molecular formula is C47H62N10O11S. The average Bonchev–Trinajstić information content (AvgIpc) is 3.27. The van der Waals surface area contributed by atoms with E-state index in [0.29, 0.717) is 36.2 Å². The number of fused-ring (bicyclic) bond motifs is 5. The van der Waals surface area contributed by atoms with Crippen LogP contribution in [0.2, 0.25) is 0 Å². The lowest BCUT2D eigenvalue weighted by atomic mass is 9.86. The first-order chi connectivity index (χ1) is 32.4. The molecule has 69 heavy (non-hydrogen) atoms. The highest BCUT2D eigenvalue weighted by molar-refractivity contribution is 7.87. The molecule has 0 aliphatic carbocycles. The third kappa shape index (κ3) is 13.4. The van der Waals surface area contributed by atoms with Gasteiger partial charge in [-0.1, -0.05) is 51.1 Å². The Morgan fingerprint density at radius 2 is 1.57 bits per heavy atom. The zero-order valence-electron chi connectivity index (χ0n) is 39.4. The van der Waals surface area contributed by atoms with E-state index in [4.69, 9.17) is 31.8 Å². The largest absolute Gasteiger partial charge is 0.504 e. The molecule has 21 nitrogen and oxygen atoms in total. The lowest BCUT2D eigenvalue weighted by Crippen LogP contribution is -2.57. The van der Waals surface area contributed by atoms with Gasteiger partial charge in [-0.3, -0.25) is 19.2 Å². The number of carbonyl (C=O) groups is 5. The first-order valence-electron chi connectivity index (χ1n) is 22.2. The molecule has 4 amide bonds. The Hall–Kier alpha value is -6.85. The van der Waals surface area contributed by atoms with Crippen LogP contribution in [0.5, 0.6) is 17.2 Å². The number of pyridine rings is 1. The highest BCUT2D eigenvalue weighted by atomic mass is 32.2. The second kappa shape index (κ2) is 22.5. The number of phenolic OH excluding ortho intramolecular Hbond substituents is 1. The molecule has 5 rings (SSSR count). The summed E-state index contributed by atoms with van der Waals surface area (Å²) < 4.78 is 38.6. The SMILES string of the molecule is Cc1cc(-c2ccc(C(C)(C)C)cc2)nc(N)c1C(=O)N[C@@H](CNS(N)(=O)=O)C(=O)N(C)[C@@H]1C(=O)N[C@@H](C)C(=O)N[C@H](C(=O)O)Cc2ccc(OCCCN)c(c2)-c2cc1cc(OCCCN)c2O. The van der Waals surface area contributed by atoms with Crippen LogP contribution in [0.4, 0.5) is 5.82 Å². The molecule has 0 radical (unpaired) electrons. The van der Waals surface area contributed by atoms with E-state index < -0.39 is 76.3 Å². The molecule has 0 fully saturated rings. The van der Waals surface area contributed by atoms with E-state index in [-0.39, 0.29) is 71.2 Å². The number of phenols is 1. The van der Waals surface area contributed by atoms with Gasteiger partial charge >= 0.3 is 5.97 Å². The minimum absolute atomic E-state index is 0.00480.